The fourth-order valence-corrected chi connectivity index (χ4v) is 1.94. The standard InChI is InChI=1S/C17H26O3/c1-4-18-16(14-17(19-5-2)20-6-3)13-12-15-10-8-7-9-11-15/h7-13,16-17H,4-6,14H2,1-3H3/b13-12+. The van der Waals surface area contributed by atoms with Crippen LogP contribution in [0.5, 0.6) is 0 Å². The first kappa shape index (κ1) is 16.9. The number of rotatable bonds is 10. The minimum absolute atomic E-state index is 0.00306. The molecule has 3 heteroatoms. The fourth-order valence-electron chi connectivity index (χ4n) is 1.94. The van der Waals surface area contributed by atoms with Gasteiger partial charge >= 0.3 is 0 Å². The van der Waals surface area contributed by atoms with Gasteiger partial charge < -0.3 is 14.2 Å². The van der Waals surface area contributed by atoms with E-state index in [1.165, 1.54) is 5.56 Å². The molecule has 1 unspecified atom stereocenters. The van der Waals surface area contributed by atoms with Gasteiger partial charge in [-0.1, -0.05) is 42.5 Å². The maximum absolute atomic E-state index is 5.74. The Hall–Kier alpha value is -1.16. The van der Waals surface area contributed by atoms with Crippen molar-refractivity contribution in [3.05, 3.63) is 42.0 Å². The van der Waals surface area contributed by atoms with Crippen molar-refractivity contribution in [3.63, 3.8) is 0 Å². The summed E-state index contributed by atoms with van der Waals surface area (Å²) in [6.07, 6.45) is 4.66. The van der Waals surface area contributed by atoms with Gasteiger partial charge in [0.15, 0.2) is 6.29 Å². The molecule has 0 fully saturated rings. The first-order valence-corrected chi connectivity index (χ1v) is 7.38. The molecule has 0 amide bonds. The van der Waals surface area contributed by atoms with Gasteiger partial charge in [-0.05, 0) is 26.3 Å². The summed E-state index contributed by atoms with van der Waals surface area (Å²) in [7, 11) is 0. The van der Waals surface area contributed by atoms with Crippen molar-refractivity contribution in [2.45, 2.75) is 39.6 Å². The predicted molar refractivity (Wildman–Crippen MR) is 82.5 cm³/mol. The number of hydrogen-bond acceptors (Lipinski definition) is 3. The highest BCUT2D eigenvalue weighted by molar-refractivity contribution is 5.49. The van der Waals surface area contributed by atoms with Gasteiger partial charge in [-0.3, -0.25) is 0 Å². The molecular formula is C17H26O3. The Labute approximate surface area is 122 Å². The third kappa shape index (κ3) is 6.85. The van der Waals surface area contributed by atoms with Crippen molar-refractivity contribution in [2.24, 2.45) is 0 Å². The zero-order chi connectivity index (χ0) is 14.6. The van der Waals surface area contributed by atoms with Gasteiger partial charge in [0.2, 0.25) is 0 Å². The zero-order valence-corrected chi connectivity index (χ0v) is 12.7. The first-order valence-electron chi connectivity index (χ1n) is 7.38. The lowest BCUT2D eigenvalue weighted by molar-refractivity contribution is -0.152. The van der Waals surface area contributed by atoms with Crippen LogP contribution in [0.25, 0.3) is 6.08 Å². The molecule has 0 N–H and O–H groups in total. The summed E-state index contributed by atoms with van der Waals surface area (Å²) in [5.74, 6) is 0. The highest BCUT2D eigenvalue weighted by Gasteiger charge is 2.15. The van der Waals surface area contributed by atoms with Crippen LogP contribution in [0.1, 0.15) is 32.8 Å². The molecule has 1 rings (SSSR count). The van der Waals surface area contributed by atoms with Crippen LogP contribution < -0.4 is 0 Å². The molecule has 0 aliphatic rings. The van der Waals surface area contributed by atoms with Crippen molar-refractivity contribution in [1.29, 1.82) is 0 Å². The second-order valence-electron chi connectivity index (χ2n) is 4.34. The summed E-state index contributed by atoms with van der Waals surface area (Å²) < 4.78 is 16.9. The lowest BCUT2D eigenvalue weighted by Crippen LogP contribution is -2.24. The molecule has 0 aliphatic carbocycles. The molecule has 112 valence electrons. The van der Waals surface area contributed by atoms with Crippen molar-refractivity contribution in [3.8, 4) is 0 Å². The van der Waals surface area contributed by atoms with Gasteiger partial charge in [0.25, 0.3) is 0 Å². The van der Waals surface area contributed by atoms with E-state index >= 15 is 0 Å². The Kier molecular flexibility index (Phi) is 8.96. The van der Waals surface area contributed by atoms with Gasteiger partial charge in [0.05, 0.1) is 6.10 Å². The normalized spacial score (nSPS) is 13.2. The maximum atomic E-state index is 5.74. The molecule has 1 atom stereocenters. The number of benzene rings is 1. The molecule has 3 nitrogen and oxygen atoms in total. The van der Waals surface area contributed by atoms with E-state index in [0.717, 1.165) is 0 Å². The largest absolute Gasteiger partial charge is 0.374 e. The SMILES string of the molecule is CCOC(/C=C/c1ccccc1)CC(OCC)OCC. The highest BCUT2D eigenvalue weighted by atomic mass is 16.7. The number of hydrogen-bond donors (Lipinski definition) is 0. The molecule has 20 heavy (non-hydrogen) atoms. The highest BCUT2D eigenvalue weighted by Crippen LogP contribution is 2.12. The Morgan fingerprint density at radius 1 is 0.900 bits per heavy atom. The number of ether oxygens (including phenoxy) is 3. The Morgan fingerprint density at radius 2 is 1.50 bits per heavy atom. The van der Waals surface area contributed by atoms with Crippen LogP contribution in [-0.4, -0.2) is 32.2 Å². The minimum atomic E-state index is -0.207. The van der Waals surface area contributed by atoms with Crippen molar-refractivity contribution >= 4 is 6.08 Å². The quantitative estimate of drug-likeness (QED) is 0.608. The molecule has 0 saturated carbocycles. The van der Waals surface area contributed by atoms with E-state index in [9.17, 15) is 0 Å². The summed E-state index contributed by atoms with van der Waals surface area (Å²) in [5, 5.41) is 0. The average molecular weight is 278 g/mol. The molecule has 1 aromatic carbocycles. The maximum Gasteiger partial charge on any atom is 0.160 e. The molecule has 0 radical (unpaired) electrons. The lowest BCUT2D eigenvalue weighted by Gasteiger charge is -2.21. The molecule has 0 bridgehead atoms. The molecule has 0 heterocycles. The lowest BCUT2D eigenvalue weighted by atomic mass is 10.1. The summed E-state index contributed by atoms with van der Waals surface area (Å²) in [5.41, 5.74) is 1.17. The zero-order valence-electron chi connectivity index (χ0n) is 12.7. The van der Waals surface area contributed by atoms with Crippen LogP contribution >= 0.6 is 0 Å². The first-order chi connectivity index (χ1) is 9.80. The Morgan fingerprint density at radius 3 is 2.05 bits per heavy atom. The van der Waals surface area contributed by atoms with E-state index in [0.29, 0.717) is 26.2 Å². The van der Waals surface area contributed by atoms with Crippen LogP contribution in [0.4, 0.5) is 0 Å². The van der Waals surface area contributed by atoms with E-state index in [4.69, 9.17) is 14.2 Å². The van der Waals surface area contributed by atoms with E-state index in [-0.39, 0.29) is 12.4 Å². The van der Waals surface area contributed by atoms with Gasteiger partial charge in [-0.25, -0.2) is 0 Å². The monoisotopic (exact) mass is 278 g/mol. The van der Waals surface area contributed by atoms with E-state index in [1.807, 2.05) is 39.0 Å². The van der Waals surface area contributed by atoms with Crippen LogP contribution in [-0.2, 0) is 14.2 Å². The minimum Gasteiger partial charge on any atom is -0.374 e. The summed E-state index contributed by atoms with van der Waals surface area (Å²) >= 11 is 0. The fraction of sp³-hybridized carbons (Fsp3) is 0.529. The molecule has 0 aromatic heterocycles. The van der Waals surface area contributed by atoms with Crippen molar-refractivity contribution in [1.82, 2.24) is 0 Å². The van der Waals surface area contributed by atoms with Gasteiger partial charge in [0, 0.05) is 26.2 Å². The van der Waals surface area contributed by atoms with Gasteiger partial charge in [0.1, 0.15) is 0 Å². The molecule has 0 aliphatic heterocycles. The second-order valence-corrected chi connectivity index (χ2v) is 4.34. The third-order valence-electron chi connectivity index (χ3n) is 2.81. The van der Waals surface area contributed by atoms with Crippen molar-refractivity contribution in [2.75, 3.05) is 19.8 Å². The van der Waals surface area contributed by atoms with Gasteiger partial charge in [-0.15, -0.1) is 0 Å². The molecule has 1 aromatic rings. The van der Waals surface area contributed by atoms with E-state index < -0.39 is 0 Å². The third-order valence-corrected chi connectivity index (χ3v) is 2.81. The van der Waals surface area contributed by atoms with Gasteiger partial charge in [-0.2, -0.15) is 0 Å². The smallest absolute Gasteiger partial charge is 0.160 e. The predicted octanol–water partition coefficient (Wildman–Crippen LogP) is 3.89. The van der Waals surface area contributed by atoms with E-state index in [1.54, 1.807) is 0 Å². The second kappa shape index (κ2) is 10.6. The summed E-state index contributed by atoms with van der Waals surface area (Å²) in [6, 6.07) is 10.2. The summed E-state index contributed by atoms with van der Waals surface area (Å²) in [6.45, 7) is 7.91. The Bertz CT molecular complexity index is 356. The average Bonchev–Trinajstić information content (AvgIpc) is 2.46. The van der Waals surface area contributed by atoms with Crippen LogP contribution in [0, 0.1) is 0 Å². The molecular weight excluding hydrogens is 252 g/mol. The topological polar surface area (TPSA) is 27.7 Å². The Balaban J connectivity index is 2.60. The van der Waals surface area contributed by atoms with Crippen molar-refractivity contribution < 1.29 is 14.2 Å². The summed E-state index contributed by atoms with van der Waals surface area (Å²) in [4.78, 5) is 0. The molecule has 0 saturated heterocycles. The van der Waals surface area contributed by atoms with E-state index in [2.05, 4.69) is 24.3 Å². The molecule has 0 spiro atoms. The van der Waals surface area contributed by atoms with Crippen LogP contribution in [0.15, 0.2) is 36.4 Å². The van der Waals surface area contributed by atoms with Crippen LogP contribution in [0.3, 0.4) is 0 Å². The van der Waals surface area contributed by atoms with Crippen LogP contribution in [0.2, 0.25) is 0 Å².